The van der Waals surface area contributed by atoms with Gasteiger partial charge in [0, 0.05) is 0 Å². The second-order valence-electron chi connectivity index (χ2n) is 12.2. The van der Waals surface area contributed by atoms with Crippen LogP contribution in [0.3, 0.4) is 0 Å². The summed E-state index contributed by atoms with van der Waals surface area (Å²) in [7, 11) is 0. The van der Waals surface area contributed by atoms with Crippen LogP contribution in [0.25, 0.3) is 11.1 Å². The number of allylic oxidation sites excluding steroid dienone is 4. The van der Waals surface area contributed by atoms with Crippen LogP contribution in [0.5, 0.6) is 0 Å². The Balaban J connectivity index is 0.00000162. The van der Waals surface area contributed by atoms with E-state index in [2.05, 4.69) is 96.2 Å². The van der Waals surface area contributed by atoms with Crippen LogP contribution in [-0.2, 0) is 46.9 Å². The van der Waals surface area contributed by atoms with Crippen LogP contribution in [0.4, 0.5) is 0 Å². The van der Waals surface area contributed by atoms with Crippen LogP contribution in [0, 0.1) is 5.92 Å². The predicted molar refractivity (Wildman–Crippen MR) is 134 cm³/mol. The molecule has 1 unspecified atom stereocenters. The Labute approximate surface area is 233 Å². The normalized spacial score (nSPS) is 21.4. The summed E-state index contributed by atoms with van der Waals surface area (Å²) in [4.78, 5) is 0. The summed E-state index contributed by atoms with van der Waals surface area (Å²) in [6.45, 7) is 14.2. The Morgan fingerprint density at radius 2 is 1.50 bits per heavy atom. The molecule has 5 rings (SSSR count). The molecule has 178 valence electrons. The molecular formula is C31H36Cl2Zr. The van der Waals surface area contributed by atoms with Gasteiger partial charge >= 0.3 is 210 Å². The third kappa shape index (κ3) is 4.33. The Bertz CT molecular complexity index is 1160. The number of hydrogen-bond donors (Lipinski definition) is 0. The Morgan fingerprint density at radius 1 is 0.853 bits per heavy atom. The fraction of sp³-hybridized carbons (Fsp3) is 0.452. The first kappa shape index (κ1) is 27.8. The van der Waals surface area contributed by atoms with Crippen LogP contribution < -0.4 is 24.8 Å². The number of rotatable bonds is 2. The number of fused-ring (bicyclic) bond motifs is 3. The molecule has 0 aliphatic heterocycles. The summed E-state index contributed by atoms with van der Waals surface area (Å²) >= 11 is 1.63. The average molecular weight is 571 g/mol. The minimum absolute atomic E-state index is 0. The minimum atomic E-state index is 0. The van der Waals surface area contributed by atoms with Gasteiger partial charge in [0.25, 0.3) is 0 Å². The van der Waals surface area contributed by atoms with Crippen molar-refractivity contribution >= 4 is 3.21 Å². The van der Waals surface area contributed by atoms with Crippen molar-refractivity contribution in [3.05, 3.63) is 82.5 Å². The molecule has 0 saturated heterocycles. The first-order valence-corrected chi connectivity index (χ1v) is 13.5. The van der Waals surface area contributed by atoms with Gasteiger partial charge < -0.3 is 24.8 Å². The van der Waals surface area contributed by atoms with Gasteiger partial charge in [-0.15, -0.1) is 0 Å². The molecule has 3 aliphatic rings. The summed E-state index contributed by atoms with van der Waals surface area (Å²) in [5, 5.41) is 0. The van der Waals surface area contributed by atoms with E-state index in [0.717, 1.165) is 6.42 Å². The van der Waals surface area contributed by atoms with E-state index in [0.29, 0.717) is 5.92 Å². The zero-order valence-electron chi connectivity index (χ0n) is 21.4. The SMILES string of the molecule is CC(C)(C)c1ccc2c(c1)Cc1c-2ccc(C(C)(C)C)c1C1(C2C=CC=C2)CCC[C]1=[Zr+2].[Cl-].[Cl-]. The van der Waals surface area contributed by atoms with Gasteiger partial charge in [0.1, 0.15) is 0 Å². The molecule has 0 heterocycles. The number of benzene rings is 2. The molecule has 2 aromatic rings. The van der Waals surface area contributed by atoms with Gasteiger partial charge in [-0.05, 0) is 0 Å². The summed E-state index contributed by atoms with van der Waals surface area (Å²) in [6.07, 6.45) is 14.5. The monoisotopic (exact) mass is 568 g/mol. The molecule has 1 atom stereocenters. The molecule has 0 aromatic heterocycles. The van der Waals surface area contributed by atoms with E-state index in [9.17, 15) is 0 Å². The minimum Gasteiger partial charge on any atom is -1.00 e. The second-order valence-corrected chi connectivity index (χ2v) is 13.6. The van der Waals surface area contributed by atoms with Crippen molar-refractivity contribution in [1.82, 2.24) is 0 Å². The molecule has 0 nitrogen and oxygen atoms in total. The van der Waals surface area contributed by atoms with Crippen molar-refractivity contribution in [3.63, 3.8) is 0 Å². The summed E-state index contributed by atoms with van der Waals surface area (Å²) in [5.41, 5.74) is 11.3. The molecule has 3 aliphatic carbocycles. The number of halogens is 2. The summed E-state index contributed by atoms with van der Waals surface area (Å²) in [6, 6.07) is 12.2. The maximum absolute atomic E-state index is 2.49. The Morgan fingerprint density at radius 3 is 2.06 bits per heavy atom. The van der Waals surface area contributed by atoms with Gasteiger partial charge in [0.05, 0.1) is 0 Å². The molecule has 0 bridgehead atoms. The molecule has 1 fully saturated rings. The van der Waals surface area contributed by atoms with E-state index in [1.807, 2.05) is 0 Å². The average Bonchev–Trinajstić information content (AvgIpc) is 3.44. The Hall–Kier alpha value is -0.747. The van der Waals surface area contributed by atoms with Crippen LogP contribution in [0.15, 0.2) is 54.6 Å². The van der Waals surface area contributed by atoms with E-state index in [1.54, 1.807) is 44.1 Å². The molecule has 34 heavy (non-hydrogen) atoms. The molecular weight excluding hydrogens is 534 g/mol. The van der Waals surface area contributed by atoms with E-state index < -0.39 is 0 Å². The molecule has 3 heteroatoms. The van der Waals surface area contributed by atoms with Crippen molar-refractivity contribution in [3.8, 4) is 11.1 Å². The molecule has 0 spiro atoms. The quantitative estimate of drug-likeness (QED) is 0.441. The third-order valence-electron chi connectivity index (χ3n) is 8.05. The summed E-state index contributed by atoms with van der Waals surface area (Å²) < 4.78 is 1.77. The fourth-order valence-electron chi connectivity index (χ4n) is 6.37. The first-order valence-electron chi connectivity index (χ1n) is 12.3. The van der Waals surface area contributed by atoms with Crippen LogP contribution in [0.2, 0.25) is 0 Å². The van der Waals surface area contributed by atoms with Crippen molar-refractivity contribution in [2.75, 3.05) is 0 Å². The smallest absolute Gasteiger partial charge is 1.00 e. The second kappa shape index (κ2) is 9.61. The zero-order chi connectivity index (χ0) is 22.9. The summed E-state index contributed by atoms with van der Waals surface area (Å²) in [5.74, 6) is 0.501. The fourth-order valence-corrected chi connectivity index (χ4v) is 7.83. The standard InChI is InChI=1S/C31H36.2ClH.Zr/c1-29(2,3)23-13-14-24-21(19-23)20-26-25(24)15-16-27(30(4,5)6)28(26)31(17-9-10-18-31)22-11-7-8-12-22;;;/h7-8,11-16,19,22H,9-10,17,20H2,1-6H3;2*1H;/q;;;+2/p-2. The van der Waals surface area contributed by atoms with E-state index in [4.69, 9.17) is 0 Å². The van der Waals surface area contributed by atoms with Gasteiger partial charge in [0.2, 0.25) is 0 Å². The van der Waals surface area contributed by atoms with Crippen LogP contribution >= 0.6 is 0 Å². The van der Waals surface area contributed by atoms with Gasteiger partial charge in [-0.2, -0.15) is 0 Å². The third-order valence-corrected chi connectivity index (χ3v) is 9.76. The molecule has 0 amide bonds. The van der Waals surface area contributed by atoms with Crippen molar-refractivity contribution in [1.29, 1.82) is 0 Å². The maximum Gasteiger partial charge on any atom is -1.00 e. The zero-order valence-corrected chi connectivity index (χ0v) is 25.3. The number of hydrogen-bond acceptors (Lipinski definition) is 0. The molecule has 0 N–H and O–H groups in total. The van der Waals surface area contributed by atoms with Crippen molar-refractivity contribution in [2.45, 2.75) is 83.5 Å². The van der Waals surface area contributed by atoms with Gasteiger partial charge in [-0.25, -0.2) is 0 Å². The molecule has 0 radical (unpaired) electrons. The van der Waals surface area contributed by atoms with E-state index >= 15 is 0 Å². The van der Waals surface area contributed by atoms with Gasteiger partial charge in [0.15, 0.2) is 0 Å². The van der Waals surface area contributed by atoms with E-state index in [-0.39, 0.29) is 41.1 Å². The molecule has 2 aromatic carbocycles. The van der Waals surface area contributed by atoms with Crippen molar-refractivity contribution < 1.29 is 49.0 Å². The van der Waals surface area contributed by atoms with Crippen LogP contribution in [0.1, 0.15) is 88.6 Å². The topological polar surface area (TPSA) is 0 Å². The van der Waals surface area contributed by atoms with Crippen LogP contribution in [-0.4, -0.2) is 3.21 Å². The van der Waals surface area contributed by atoms with Gasteiger partial charge in [-0.1, -0.05) is 0 Å². The first-order chi connectivity index (χ1) is 15.0. The maximum atomic E-state index is 2.49. The Kier molecular flexibility index (Phi) is 7.87. The largest absolute Gasteiger partial charge is 1.00 e. The molecule has 1 saturated carbocycles. The predicted octanol–water partition coefficient (Wildman–Crippen LogP) is 1.74. The van der Waals surface area contributed by atoms with Crippen molar-refractivity contribution in [2.24, 2.45) is 5.92 Å². The van der Waals surface area contributed by atoms with E-state index in [1.165, 1.54) is 41.5 Å². The van der Waals surface area contributed by atoms with Gasteiger partial charge in [-0.3, -0.25) is 0 Å².